The number of hydrogen-bond acceptors (Lipinski definition) is 8. The average Bonchev–Trinajstić information content (AvgIpc) is 3.63. The van der Waals surface area contributed by atoms with Crippen molar-refractivity contribution in [2.75, 3.05) is 13.7 Å². The third-order valence-electron chi connectivity index (χ3n) is 5.96. The van der Waals surface area contributed by atoms with Gasteiger partial charge in [-0.2, -0.15) is 0 Å². The normalized spacial score (nSPS) is 14.2. The van der Waals surface area contributed by atoms with Crippen LogP contribution in [0.5, 0.6) is 5.88 Å². The van der Waals surface area contributed by atoms with E-state index in [1.54, 1.807) is 18.3 Å². The number of fused-ring (bicyclic) bond motifs is 1. The van der Waals surface area contributed by atoms with Gasteiger partial charge in [-0.05, 0) is 60.9 Å². The Hall–Kier alpha value is -3.90. The molecule has 1 aliphatic rings. The first kappa shape index (κ1) is 25.7. The van der Waals surface area contributed by atoms with Crippen molar-refractivity contribution < 1.29 is 27.1 Å². The van der Waals surface area contributed by atoms with Crippen LogP contribution in [0.25, 0.3) is 21.3 Å². The molecule has 1 fully saturated rings. The zero-order valence-corrected chi connectivity index (χ0v) is 21.8. The van der Waals surface area contributed by atoms with E-state index >= 15 is 0 Å². The van der Waals surface area contributed by atoms with E-state index in [9.17, 15) is 22.4 Å². The van der Waals surface area contributed by atoms with E-state index in [1.165, 1.54) is 7.11 Å². The highest BCUT2D eigenvalue weighted by atomic mass is 32.2. The first-order chi connectivity index (χ1) is 18.2. The number of nitrogens with one attached hydrogen (secondary N) is 2. The summed E-state index contributed by atoms with van der Waals surface area (Å²) in [5, 5.41) is 3.49. The Bertz CT molecular complexity index is 1600. The van der Waals surface area contributed by atoms with Gasteiger partial charge in [0, 0.05) is 23.9 Å². The monoisotopic (exact) mass is 554 g/mol. The van der Waals surface area contributed by atoms with Crippen molar-refractivity contribution in [1.82, 2.24) is 20.6 Å². The predicted octanol–water partition coefficient (Wildman–Crippen LogP) is 3.42. The number of amides is 2. The van der Waals surface area contributed by atoms with Crippen molar-refractivity contribution in [3.8, 4) is 17.0 Å². The summed E-state index contributed by atoms with van der Waals surface area (Å²) in [6.07, 6.45) is 3.41. The largest absolute Gasteiger partial charge is 0.481 e. The molecule has 2 aromatic carbocycles. The van der Waals surface area contributed by atoms with Gasteiger partial charge >= 0.3 is 0 Å². The minimum absolute atomic E-state index is 0.0365. The quantitative estimate of drug-likeness (QED) is 0.304. The smallest absolute Gasteiger partial charge is 0.246 e. The first-order valence-corrected chi connectivity index (χ1v) is 14.1. The van der Waals surface area contributed by atoms with Crippen molar-refractivity contribution in [2.45, 2.75) is 29.0 Å². The lowest BCUT2D eigenvalue weighted by atomic mass is 10.1. The standard InChI is InChI=1S/C26H23FN4O5S2/c1-36-23-11-3-16(13-28-23)15-2-10-20-21(12-15)37-26(31-20)24(25(33)29-14-22(32)30-18-6-7-18)38(34,35)19-8-4-17(27)5-9-19/h2-5,8-13,18,24H,6-7,14H2,1H3,(H,29,33)(H,30,32). The van der Waals surface area contributed by atoms with Gasteiger partial charge in [-0.15, -0.1) is 11.3 Å². The van der Waals surface area contributed by atoms with Crippen molar-refractivity contribution in [1.29, 1.82) is 0 Å². The van der Waals surface area contributed by atoms with Gasteiger partial charge in [0.1, 0.15) is 10.8 Å². The molecule has 1 unspecified atom stereocenters. The molecule has 0 aliphatic heterocycles. The third-order valence-corrected chi connectivity index (χ3v) is 9.18. The fraction of sp³-hybridized carbons (Fsp3) is 0.231. The Morgan fingerprint density at radius 1 is 1.11 bits per heavy atom. The van der Waals surface area contributed by atoms with Gasteiger partial charge in [0.25, 0.3) is 0 Å². The summed E-state index contributed by atoms with van der Waals surface area (Å²) in [5.41, 5.74) is 2.15. The van der Waals surface area contributed by atoms with Crippen LogP contribution in [0, 0.1) is 5.82 Å². The number of sulfone groups is 1. The van der Waals surface area contributed by atoms with E-state index in [0.717, 1.165) is 59.6 Å². The number of hydrogen-bond donors (Lipinski definition) is 2. The van der Waals surface area contributed by atoms with Crippen molar-refractivity contribution >= 4 is 43.2 Å². The van der Waals surface area contributed by atoms with E-state index in [0.29, 0.717) is 16.1 Å². The topological polar surface area (TPSA) is 127 Å². The number of benzene rings is 2. The zero-order valence-electron chi connectivity index (χ0n) is 20.2. The molecule has 5 rings (SSSR count). The van der Waals surface area contributed by atoms with Gasteiger partial charge in [-0.3, -0.25) is 9.59 Å². The van der Waals surface area contributed by atoms with Crippen LogP contribution in [0.3, 0.4) is 0 Å². The summed E-state index contributed by atoms with van der Waals surface area (Å²) in [4.78, 5) is 33.8. The summed E-state index contributed by atoms with van der Waals surface area (Å²) in [6, 6.07) is 13.3. The number of carbonyl (C=O) groups excluding carboxylic acids is 2. The number of halogens is 1. The summed E-state index contributed by atoms with van der Waals surface area (Å²) in [6.45, 7) is -0.371. The SMILES string of the molecule is COc1ccc(-c2ccc3nc(C(C(=O)NCC(=O)NC4CC4)S(=O)(=O)c4ccc(F)cc4)sc3c2)cn1. The van der Waals surface area contributed by atoms with Gasteiger partial charge in [0.15, 0.2) is 15.1 Å². The molecule has 2 heterocycles. The molecule has 0 saturated heterocycles. The lowest BCUT2D eigenvalue weighted by Crippen LogP contribution is -2.41. The molecule has 0 bridgehead atoms. The number of ether oxygens (including phenoxy) is 1. The van der Waals surface area contributed by atoms with Crippen molar-refractivity contribution in [3.05, 3.63) is 71.6 Å². The fourth-order valence-electron chi connectivity index (χ4n) is 3.82. The van der Waals surface area contributed by atoms with Gasteiger partial charge in [0.2, 0.25) is 17.7 Å². The Morgan fingerprint density at radius 3 is 2.50 bits per heavy atom. The minimum Gasteiger partial charge on any atom is -0.481 e. The molecule has 9 nitrogen and oxygen atoms in total. The highest BCUT2D eigenvalue weighted by molar-refractivity contribution is 7.92. The highest BCUT2D eigenvalue weighted by Gasteiger charge is 2.38. The van der Waals surface area contributed by atoms with Crippen LogP contribution in [-0.4, -0.2) is 49.9 Å². The second kappa shape index (κ2) is 10.5. The molecule has 1 aliphatic carbocycles. The second-order valence-electron chi connectivity index (χ2n) is 8.76. The van der Waals surface area contributed by atoms with Crippen LogP contribution in [0.15, 0.2) is 65.7 Å². The fourth-order valence-corrected chi connectivity index (χ4v) is 6.80. The third kappa shape index (κ3) is 5.50. The number of rotatable bonds is 9. The molecule has 0 spiro atoms. The molecule has 12 heteroatoms. The maximum atomic E-state index is 13.6. The summed E-state index contributed by atoms with van der Waals surface area (Å²) >= 11 is 1.06. The molecular weight excluding hydrogens is 531 g/mol. The maximum Gasteiger partial charge on any atom is 0.246 e. The molecule has 1 atom stereocenters. The Balaban J connectivity index is 1.49. The van der Waals surface area contributed by atoms with Crippen LogP contribution in [0.4, 0.5) is 4.39 Å². The summed E-state index contributed by atoms with van der Waals surface area (Å²) in [5.74, 6) is -1.43. The van der Waals surface area contributed by atoms with Crippen LogP contribution in [0.1, 0.15) is 23.1 Å². The van der Waals surface area contributed by atoms with Crippen LogP contribution >= 0.6 is 11.3 Å². The molecule has 0 radical (unpaired) electrons. The number of pyridine rings is 1. The van der Waals surface area contributed by atoms with E-state index in [4.69, 9.17) is 4.74 Å². The number of carbonyl (C=O) groups is 2. The van der Waals surface area contributed by atoms with E-state index in [2.05, 4.69) is 20.6 Å². The molecule has 2 amide bonds. The van der Waals surface area contributed by atoms with E-state index < -0.39 is 32.7 Å². The molecule has 196 valence electrons. The maximum absolute atomic E-state index is 13.6. The number of nitrogens with zero attached hydrogens (tertiary/aromatic N) is 2. The zero-order chi connectivity index (χ0) is 26.9. The molecule has 4 aromatic rings. The Kier molecular flexibility index (Phi) is 7.09. The second-order valence-corrected chi connectivity index (χ2v) is 11.9. The number of thiazole rings is 1. The van der Waals surface area contributed by atoms with Gasteiger partial charge in [-0.25, -0.2) is 22.8 Å². The Morgan fingerprint density at radius 2 is 1.84 bits per heavy atom. The van der Waals surface area contributed by atoms with Crippen LogP contribution in [0.2, 0.25) is 0 Å². The lowest BCUT2D eigenvalue weighted by molar-refractivity contribution is -0.126. The van der Waals surface area contributed by atoms with Crippen molar-refractivity contribution in [3.63, 3.8) is 0 Å². The summed E-state index contributed by atoms with van der Waals surface area (Å²) in [7, 11) is -2.81. The number of aromatic nitrogens is 2. The first-order valence-electron chi connectivity index (χ1n) is 11.7. The highest BCUT2D eigenvalue weighted by Crippen LogP contribution is 2.36. The molecule has 38 heavy (non-hydrogen) atoms. The van der Waals surface area contributed by atoms with Crippen LogP contribution < -0.4 is 15.4 Å². The minimum atomic E-state index is -4.33. The molecule has 2 aromatic heterocycles. The lowest BCUT2D eigenvalue weighted by Gasteiger charge is -2.16. The van der Waals surface area contributed by atoms with E-state index in [-0.39, 0.29) is 22.5 Å². The molecule has 1 saturated carbocycles. The average molecular weight is 555 g/mol. The number of methoxy groups -OCH3 is 1. The summed E-state index contributed by atoms with van der Waals surface area (Å²) < 4.78 is 46.5. The van der Waals surface area contributed by atoms with Gasteiger partial charge < -0.3 is 15.4 Å². The Labute approximate surface area is 222 Å². The van der Waals surface area contributed by atoms with Crippen molar-refractivity contribution in [2.24, 2.45) is 0 Å². The molecular formula is C26H23FN4O5S2. The predicted molar refractivity (Wildman–Crippen MR) is 140 cm³/mol. The van der Waals surface area contributed by atoms with Gasteiger partial charge in [-0.1, -0.05) is 6.07 Å². The van der Waals surface area contributed by atoms with E-state index in [1.807, 2.05) is 18.2 Å². The van der Waals surface area contributed by atoms with Crippen LogP contribution in [-0.2, 0) is 19.4 Å². The van der Waals surface area contributed by atoms with Gasteiger partial charge in [0.05, 0.1) is 28.8 Å². The molecule has 2 N–H and O–H groups in total.